The second-order valence-electron chi connectivity index (χ2n) is 2.42. The summed E-state index contributed by atoms with van der Waals surface area (Å²) in [5.74, 6) is -0.208. The Morgan fingerprint density at radius 3 is 2.92 bits per heavy atom. The molecule has 0 radical (unpaired) electrons. The van der Waals surface area contributed by atoms with E-state index in [1.54, 1.807) is 6.07 Å². The van der Waals surface area contributed by atoms with Crippen LogP contribution in [0.1, 0.15) is 0 Å². The number of benzene rings is 1. The lowest BCUT2D eigenvalue weighted by molar-refractivity contribution is 0.630. The summed E-state index contributed by atoms with van der Waals surface area (Å²) < 4.78 is 14.7. The van der Waals surface area contributed by atoms with Crippen LogP contribution in [0.4, 0.5) is 9.39 Å². The molecule has 2 aromatic rings. The molecule has 4 heteroatoms. The van der Waals surface area contributed by atoms with E-state index in [0.717, 1.165) is 18.7 Å². The summed E-state index contributed by atoms with van der Waals surface area (Å²) >= 11 is 3.60. The van der Waals surface area contributed by atoms with Crippen LogP contribution in [0.25, 0.3) is 10.1 Å². The zero-order chi connectivity index (χ0) is 8.72. The summed E-state index contributed by atoms with van der Waals surface area (Å²) in [5.41, 5.74) is 5.69. The van der Waals surface area contributed by atoms with Crippen LogP contribution in [-0.4, -0.2) is 0 Å². The van der Waals surface area contributed by atoms with Crippen LogP contribution in [0.3, 0.4) is 0 Å². The molecule has 1 nitrogen and oxygen atoms in total. The van der Waals surface area contributed by atoms with Gasteiger partial charge in [-0.05, 0) is 40.8 Å². The van der Waals surface area contributed by atoms with Gasteiger partial charge in [-0.1, -0.05) is 0 Å². The quantitative estimate of drug-likeness (QED) is 0.741. The number of halogens is 2. The first-order chi connectivity index (χ1) is 5.68. The molecular formula is C8H5FINS. The number of hydrogen-bond acceptors (Lipinski definition) is 2. The lowest BCUT2D eigenvalue weighted by atomic mass is 10.2. The number of fused-ring (bicyclic) bond motifs is 1. The third-order valence-corrected chi connectivity index (χ3v) is 4.13. The van der Waals surface area contributed by atoms with E-state index in [4.69, 9.17) is 5.73 Å². The van der Waals surface area contributed by atoms with Gasteiger partial charge in [0.2, 0.25) is 0 Å². The summed E-state index contributed by atoms with van der Waals surface area (Å²) in [4.78, 5) is 0. The van der Waals surface area contributed by atoms with Gasteiger partial charge in [-0.15, -0.1) is 11.3 Å². The zero-order valence-corrected chi connectivity index (χ0v) is 8.95. The predicted octanol–water partition coefficient (Wildman–Crippen LogP) is 3.23. The van der Waals surface area contributed by atoms with Gasteiger partial charge in [0.1, 0.15) is 10.8 Å². The minimum absolute atomic E-state index is 0.208. The maximum absolute atomic E-state index is 12.7. The molecular weight excluding hydrogens is 288 g/mol. The number of anilines is 1. The lowest BCUT2D eigenvalue weighted by Crippen LogP contribution is -1.79. The van der Waals surface area contributed by atoms with Gasteiger partial charge in [-0.25, -0.2) is 4.39 Å². The topological polar surface area (TPSA) is 26.0 Å². The molecule has 2 N–H and O–H groups in total. The Morgan fingerprint density at radius 1 is 1.42 bits per heavy atom. The molecule has 0 saturated carbocycles. The molecule has 12 heavy (non-hydrogen) atoms. The van der Waals surface area contributed by atoms with Crippen LogP contribution in [0.2, 0.25) is 0 Å². The molecule has 0 saturated heterocycles. The normalized spacial score (nSPS) is 10.8. The maximum Gasteiger partial charge on any atom is 0.124 e. The fourth-order valence-electron chi connectivity index (χ4n) is 1.06. The predicted molar refractivity (Wildman–Crippen MR) is 58.9 cm³/mol. The van der Waals surface area contributed by atoms with E-state index in [9.17, 15) is 4.39 Å². The summed E-state index contributed by atoms with van der Waals surface area (Å²) in [6.07, 6.45) is 0. The van der Waals surface area contributed by atoms with Crippen molar-refractivity contribution >= 4 is 49.0 Å². The van der Waals surface area contributed by atoms with Crippen molar-refractivity contribution < 1.29 is 4.39 Å². The first-order valence-electron chi connectivity index (χ1n) is 3.31. The molecule has 0 bridgehead atoms. The molecule has 62 valence electrons. The van der Waals surface area contributed by atoms with Gasteiger partial charge < -0.3 is 5.73 Å². The third kappa shape index (κ3) is 1.19. The third-order valence-electron chi connectivity index (χ3n) is 1.62. The summed E-state index contributed by atoms with van der Waals surface area (Å²) in [6, 6.07) is 4.73. The highest BCUT2D eigenvalue weighted by atomic mass is 127. The van der Waals surface area contributed by atoms with Gasteiger partial charge in [0.25, 0.3) is 0 Å². The molecule has 1 aromatic carbocycles. The minimum atomic E-state index is -0.208. The minimum Gasteiger partial charge on any atom is -0.390 e. The molecule has 2 rings (SSSR count). The number of thiophene rings is 1. The number of nitrogens with two attached hydrogens (primary N) is 1. The molecule has 0 aliphatic carbocycles. The van der Waals surface area contributed by atoms with E-state index in [1.165, 1.54) is 23.5 Å². The Kier molecular flexibility index (Phi) is 1.96. The highest BCUT2D eigenvalue weighted by Crippen LogP contribution is 2.34. The SMILES string of the molecule is Nc1sc2cc(F)ccc2c1I. The van der Waals surface area contributed by atoms with Crippen molar-refractivity contribution in [2.75, 3.05) is 5.73 Å². The number of hydrogen-bond donors (Lipinski definition) is 1. The Hall–Kier alpha value is -0.360. The van der Waals surface area contributed by atoms with Gasteiger partial charge >= 0.3 is 0 Å². The Balaban J connectivity index is 2.87. The van der Waals surface area contributed by atoms with Crippen molar-refractivity contribution in [2.45, 2.75) is 0 Å². The molecule has 0 unspecified atom stereocenters. The molecule has 0 spiro atoms. The van der Waals surface area contributed by atoms with Crippen molar-refractivity contribution in [3.8, 4) is 0 Å². The van der Waals surface area contributed by atoms with Crippen LogP contribution in [-0.2, 0) is 0 Å². The van der Waals surface area contributed by atoms with Crippen LogP contribution < -0.4 is 5.73 Å². The largest absolute Gasteiger partial charge is 0.390 e. The zero-order valence-electron chi connectivity index (χ0n) is 5.97. The fraction of sp³-hybridized carbons (Fsp3) is 0. The first kappa shape index (κ1) is 8.25. The van der Waals surface area contributed by atoms with Crippen LogP contribution in [0.5, 0.6) is 0 Å². The van der Waals surface area contributed by atoms with Crippen LogP contribution >= 0.6 is 33.9 Å². The van der Waals surface area contributed by atoms with Gasteiger partial charge in [0.15, 0.2) is 0 Å². The fourth-order valence-corrected chi connectivity index (χ4v) is 2.93. The van der Waals surface area contributed by atoms with Crippen molar-refractivity contribution in [1.82, 2.24) is 0 Å². The molecule has 0 amide bonds. The van der Waals surface area contributed by atoms with Crippen molar-refractivity contribution in [3.63, 3.8) is 0 Å². The molecule has 0 aliphatic heterocycles. The van der Waals surface area contributed by atoms with E-state index >= 15 is 0 Å². The summed E-state index contributed by atoms with van der Waals surface area (Å²) in [7, 11) is 0. The molecule has 0 fully saturated rings. The molecule has 1 heterocycles. The highest BCUT2D eigenvalue weighted by molar-refractivity contribution is 14.1. The maximum atomic E-state index is 12.7. The van der Waals surface area contributed by atoms with Gasteiger partial charge in [0.05, 0.1) is 3.57 Å². The monoisotopic (exact) mass is 293 g/mol. The van der Waals surface area contributed by atoms with Crippen molar-refractivity contribution in [3.05, 3.63) is 27.6 Å². The van der Waals surface area contributed by atoms with Crippen LogP contribution in [0, 0.1) is 9.39 Å². The summed E-state index contributed by atoms with van der Waals surface area (Å²) in [5, 5.41) is 1.80. The summed E-state index contributed by atoms with van der Waals surface area (Å²) in [6.45, 7) is 0. The van der Waals surface area contributed by atoms with E-state index in [-0.39, 0.29) is 5.82 Å². The van der Waals surface area contributed by atoms with Gasteiger partial charge in [-0.3, -0.25) is 0 Å². The van der Waals surface area contributed by atoms with E-state index < -0.39 is 0 Å². The Labute approximate surface area is 86.5 Å². The number of rotatable bonds is 0. The van der Waals surface area contributed by atoms with Gasteiger partial charge in [0, 0.05) is 10.1 Å². The average molecular weight is 293 g/mol. The van der Waals surface area contributed by atoms with Gasteiger partial charge in [-0.2, -0.15) is 0 Å². The van der Waals surface area contributed by atoms with Crippen molar-refractivity contribution in [1.29, 1.82) is 0 Å². The van der Waals surface area contributed by atoms with Crippen LogP contribution in [0.15, 0.2) is 18.2 Å². The highest BCUT2D eigenvalue weighted by Gasteiger charge is 2.06. The molecule has 0 atom stereocenters. The Morgan fingerprint density at radius 2 is 2.17 bits per heavy atom. The second kappa shape index (κ2) is 2.85. The second-order valence-corrected chi connectivity index (χ2v) is 4.58. The molecule has 0 aliphatic rings. The lowest BCUT2D eigenvalue weighted by Gasteiger charge is -1.89. The van der Waals surface area contributed by atoms with E-state index in [1.807, 2.05) is 0 Å². The smallest absolute Gasteiger partial charge is 0.124 e. The molecule has 1 aromatic heterocycles. The number of nitrogen functional groups attached to an aromatic ring is 1. The average Bonchev–Trinajstić information content (AvgIpc) is 2.28. The van der Waals surface area contributed by atoms with Crippen molar-refractivity contribution in [2.24, 2.45) is 0 Å². The Bertz CT molecular complexity index is 438. The van der Waals surface area contributed by atoms with E-state index in [2.05, 4.69) is 22.6 Å². The van der Waals surface area contributed by atoms with E-state index in [0.29, 0.717) is 0 Å². The first-order valence-corrected chi connectivity index (χ1v) is 5.21. The standard InChI is InChI=1S/C8H5FINS/c9-4-1-2-5-6(3-4)12-8(11)7(5)10/h1-3H,11H2.